The maximum absolute atomic E-state index is 12.8. The largest absolute Gasteiger partial charge is 0.336 e. The van der Waals surface area contributed by atoms with E-state index in [2.05, 4.69) is 23.7 Å². The molecule has 27 heavy (non-hydrogen) atoms. The van der Waals surface area contributed by atoms with E-state index in [9.17, 15) is 9.59 Å². The lowest BCUT2D eigenvalue weighted by Crippen LogP contribution is -2.49. The van der Waals surface area contributed by atoms with Crippen molar-refractivity contribution < 1.29 is 4.79 Å². The molecule has 144 valence electrons. The highest BCUT2D eigenvalue weighted by atomic mass is 16.2. The van der Waals surface area contributed by atoms with Gasteiger partial charge in [0, 0.05) is 31.9 Å². The number of nitrogens with zero attached hydrogens (tertiary/aromatic N) is 2. The second kappa shape index (κ2) is 8.53. The molecule has 1 aliphatic rings. The molecule has 3 rings (SSSR count). The molecular weight excluding hydrogens is 338 g/mol. The van der Waals surface area contributed by atoms with Gasteiger partial charge >= 0.3 is 0 Å². The first kappa shape index (κ1) is 19.4. The molecule has 0 radical (unpaired) electrons. The van der Waals surface area contributed by atoms with Crippen molar-refractivity contribution in [2.75, 3.05) is 32.7 Å². The standard InChI is InChI=1S/C22H29N3O2/c1-16(2)9-10-24-11-13-25(14-12-24)22(27)19-7-8-20(23-21(19)26)18-6-4-5-17(3)15-18/h4-8,15-16H,9-14H2,1-3H3,(H,23,26). The van der Waals surface area contributed by atoms with Gasteiger partial charge in [-0.2, -0.15) is 0 Å². The van der Waals surface area contributed by atoms with Gasteiger partial charge in [-0.25, -0.2) is 0 Å². The average molecular weight is 367 g/mol. The summed E-state index contributed by atoms with van der Waals surface area (Å²) in [7, 11) is 0. The molecule has 0 spiro atoms. The molecule has 0 aliphatic carbocycles. The first-order valence-electron chi connectivity index (χ1n) is 9.76. The van der Waals surface area contributed by atoms with Gasteiger partial charge in [-0.3, -0.25) is 14.5 Å². The summed E-state index contributed by atoms with van der Waals surface area (Å²) in [6.07, 6.45) is 1.17. The van der Waals surface area contributed by atoms with Crippen molar-refractivity contribution in [3.05, 3.63) is 57.9 Å². The molecule has 0 atom stereocenters. The SMILES string of the molecule is Cc1cccc(-c2ccc(C(=O)N3CCN(CCC(C)C)CC3)c(=O)[nH]2)c1. The van der Waals surface area contributed by atoms with Gasteiger partial charge in [0.05, 0.1) is 0 Å². The number of pyridine rings is 1. The molecule has 2 aromatic rings. The van der Waals surface area contributed by atoms with E-state index in [4.69, 9.17) is 0 Å². The Morgan fingerprint density at radius 2 is 1.85 bits per heavy atom. The zero-order chi connectivity index (χ0) is 19.4. The van der Waals surface area contributed by atoms with Crippen LogP contribution in [0.4, 0.5) is 0 Å². The van der Waals surface area contributed by atoms with Gasteiger partial charge in [0.15, 0.2) is 0 Å². The van der Waals surface area contributed by atoms with E-state index in [1.54, 1.807) is 11.0 Å². The summed E-state index contributed by atoms with van der Waals surface area (Å²) in [5.41, 5.74) is 2.72. The Morgan fingerprint density at radius 1 is 1.11 bits per heavy atom. The van der Waals surface area contributed by atoms with Crippen molar-refractivity contribution >= 4 is 5.91 Å². The Bertz CT molecular complexity index is 849. The van der Waals surface area contributed by atoms with E-state index < -0.39 is 0 Å². The van der Waals surface area contributed by atoms with Gasteiger partial charge in [-0.15, -0.1) is 0 Å². The van der Waals surface area contributed by atoms with E-state index in [1.807, 2.05) is 37.3 Å². The summed E-state index contributed by atoms with van der Waals surface area (Å²) in [6.45, 7) is 10.6. The second-order valence-corrected chi connectivity index (χ2v) is 7.80. The number of carbonyl (C=O) groups is 1. The highest BCUT2D eigenvalue weighted by Gasteiger charge is 2.24. The maximum atomic E-state index is 12.8. The summed E-state index contributed by atoms with van der Waals surface area (Å²) in [5.74, 6) is 0.519. The van der Waals surface area contributed by atoms with E-state index in [0.717, 1.165) is 36.5 Å². The number of rotatable bonds is 5. The van der Waals surface area contributed by atoms with Crippen molar-refractivity contribution in [2.24, 2.45) is 5.92 Å². The van der Waals surface area contributed by atoms with Crippen LogP contribution in [0.5, 0.6) is 0 Å². The minimum Gasteiger partial charge on any atom is -0.336 e. The van der Waals surface area contributed by atoms with Gasteiger partial charge < -0.3 is 9.88 Å². The number of piperazine rings is 1. The maximum Gasteiger partial charge on any atom is 0.261 e. The van der Waals surface area contributed by atoms with Gasteiger partial charge in [0.25, 0.3) is 11.5 Å². The molecule has 1 N–H and O–H groups in total. The quantitative estimate of drug-likeness (QED) is 0.883. The van der Waals surface area contributed by atoms with E-state index in [1.165, 1.54) is 6.42 Å². The van der Waals surface area contributed by atoms with Crippen LogP contribution < -0.4 is 5.56 Å². The number of hydrogen-bond acceptors (Lipinski definition) is 3. The molecule has 2 heterocycles. The van der Waals surface area contributed by atoms with Gasteiger partial charge in [0.1, 0.15) is 5.56 Å². The second-order valence-electron chi connectivity index (χ2n) is 7.80. The predicted molar refractivity (Wildman–Crippen MR) is 109 cm³/mol. The third kappa shape index (κ3) is 4.86. The summed E-state index contributed by atoms with van der Waals surface area (Å²) in [4.78, 5) is 32.4. The Labute approximate surface area is 161 Å². The molecule has 1 fully saturated rings. The number of aryl methyl sites for hydroxylation is 1. The van der Waals surface area contributed by atoms with Crippen LogP contribution in [0.3, 0.4) is 0 Å². The van der Waals surface area contributed by atoms with Crippen LogP contribution in [0.1, 0.15) is 36.2 Å². The zero-order valence-corrected chi connectivity index (χ0v) is 16.5. The van der Waals surface area contributed by atoms with Crippen LogP contribution in [0, 0.1) is 12.8 Å². The van der Waals surface area contributed by atoms with E-state index >= 15 is 0 Å². The first-order chi connectivity index (χ1) is 12.9. The van der Waals surface area contributed by atoms with Crippen molar-refractivity contribution in [3.63, 3.8) is 0 Å². The van der Waals surface area contributed by atoms with Crippen LogP contribution in [-0.4, -0.2) is 53.4 Å². The number of hydrogen-bond donors (Lipinski definition) is 1. The smallest absolute Gasteiger partial charge is 0.261 e. The monoisotopic (exact) mass is 367 g/mol. The van der Waals surface area contributed by atoms with Crippen molar-refractivity contribution in [1.29, 1.82) is 0 Å². The number of carbonyl (C=O) groups excluding carboxylic acids is 1. The summed E-state index contributed by atoms with van der Waals surface area (Å²) < 4.78 is 0. The van der Waals surface area contributed by atoms with Crippen molar-refractivity contribution in [2.45, 2.75) is 27.2 Å². The number of H-pyrrole nitrogens is 1. The Kier molecular flexibility index (Phi) is 6.11. The molecule has 0 unspecified atom stereocenters. The molecule has 1 aromatic carbocycles. The highest BCUT2D eigenvalue weighted by Crippen LogP contribution is 2.17. The number of aromatic amines is 1. The summed E-state index contributed by atoms with van der Waals surface area (Å²) in [5, 5.41) is 0. The highest BCUT2D eigenvalue weighted by molar-refractivity contribution is 5.94. The summed E-state index contributed by atoms with van der Waals surface area (Å²) >= 11 is 0. The van der Waals surface area contributed by atoms with Gasteiger partial charge in [0.2, 0.25) is 0 Å². The topological polar surface area (TPSA) is 56.4 Å². The van der Waals surface area contributed by atoms with Crippen LogP contribution in [0.2, 0.25) is 0 Å². The van der Waals surface area contributed by atoms with E-state index in [0.29, 0.717) is 19.0 Å². The van der Waals surface area contributed by atoms with Crippen LogP contribution in [0.25, 0.3) is 11.3 Å². The summed E-state index contributed by atoms with van der Waals surface area (Å²) in [6, 6.07) is 11.4. The number of nitrogens with one attached hydrogen (secondary N) is 1. The van der Waals surface area contributed by atoms with Crippen molar-refractivity contribution in [3.8, 4) is 11.3 Å². The molecule has 5 nitrogen and oxygen atoms in total. The number of aromatic nitrogens is 1. The van der Waals surface area contributed by atoms with Gasteiger partial charge in [-0.1, -0.05) is 37.6 Å². The Balaban J connectivity index is 1.67. The average Bonchev–Trinajstić information content (AvgIpc) is 2.66. The molecule has 1 aromatic heterocycles. The Morgan fingerprint density at radius 3 is 2.48 bits per heavy atom. The Hall–Kier alpha value is -2.40. The van der Waals surface area contributed by atoms with E-state index in [-0.39, 0.29) is 17.0 Å². The zero-order valence-electron chi connectivity index (χ0n) is 16.5. The molecule has 5 heteroatoms. The third-order valence-corrected chi connectivity index (χ3v) is 5.15. The number of amides is 1. The minimum absolute atomic E-state index is 0.171. The lowest BCUT2D eigenvalue weighted by atomic mass is 10.1. The molecule has 1 saturated heterocycles. The predicted octanol–water partition coefficient (Wildman–Crippen LogP) is 3.15. The minimum atomic E-state index is -0.318. The van der Waals surface area contributed by atoms with Crippen LogP contribution >= 0.6 is 0 Å². The molecule has 1 amide bonds. The van der Waals surface area contributed by atoms with Crippen molar-refractivity contribution in [1.82, 2.24) is 14.8 Å². The fraction of sp³-hybridized carbons (Fsp3) is 0.455. The molecule has 0 saturated carbocycles. The fourth-order valence-corrected chi connectivity index (χ4v) is 3.41. The molecule has 1 aliphatic heterocycles. The lowest BCUT2D eigenvalue weighted by molar-refractivity contribution is 0.0630. The lowest BCUT2D eigenvalue weighted by Gasteiger charge is -2.35. The van der Waals surface area contributed by atoms with Gasteiger partial charge in [-0.05, 0) is 49.6 Å². The molecule has 0 bridgehead atoms. The molecular formula is C22H29N3O2. The number of benzene rings is 1. The first-order valence-corrected chi connectivity index (χ1v) is 9.76. The normalized spacial score (nSPS) is 15.3. The van der Waals surface area contributed by atoms with Crippen LogP contribution in [-0.2, 0) is 0 Å². The van der Waals surface area contributed by atoms with Crippen LogP contribution in [0.15, 0.2) is 41.2 Å². The third-order valence-electron chi connectivity index (χ3n) is 5.15. The fourth-order valence-electron chi connectivity index (χ4n) is 3.41.